The molecule has 1 aromatic carbocycles. The van der Waals surface area contributed by atoms with Crippen LogP contribution < -0.4 is 10.4 Å². The van der Waals surface area contributed by atoms with Crippen LogP contribution in [0.2, 0.25) is 0 Å². The zero-order valence-corrected chi connectivity index (χ0v) is 10.1. The van der Waals surface area contributed by atoms with E-state index in [9.17, 15) is 0 Å². The van der Waals surface area contributed by atoms with Gasteiger partial charge in [0.1, 0.15) is 0 Å². The molecule has 0 aliphatic heterocycles. The first-order valence-electron chi connectivity index (χ1n) is 5.64. The van der Waals surface area contributed by atoms with Gasteiger partial charge in [0.05, 0.1) is 5.52 Å². The van der Waals surface area contributed by atoms with Crippen molar-refractivity contribution >= 4 is 23.1 Å². The standard InChI is InChI=1S/C15H17N/c1-10(2)11(3)14-8-7-13-6-5-9-16-15(13)12(14)4/h5-10H,4H2,1-3H3/b14-11+. The summed E-state index contributed by atoms with van der Waals surface area (Å²) in [5.74, 6) is 0.543. The maximum Gasteiger partial charge on any atom is 0.0774 e. The Morgan fingerprint density at radius 1 is 1.25 bits per heavy atom. The molecule has 0 aliphatic rings. The summed E-state index contributed by atoms with van der Waals surface area (Å²) in [6.45, 7) is 10.8. The minimum absolute atomic E-state index is 0.543. The van der Waals surface area contributed by atoms with E-state index in [1.54, 1.807) is 0 Å². The van der Waals surface area contributed by atoms with Crippen LogP contribution in [0, 0.1) is 5.92 Å². The van der Waals surface area contributed by atoms with Gasteiger partial charge in [0.2, 0.25) is 0 Å². The maximum atomic E-state index is 4.41. The summed E-state index contributed by atoms with van der Waals surface area (Å²) >= 11 is 0. The van der Waals surface area contributed by atoms with Crippen molar-refractivity contribution < 1.29 is 0 Å². The molecule has 0 bridgehead atoms. The molecule has 16 heavy (non-hydrogen) atoms. The van der Waals surface area contributed by atoms with E-state index < -0.39 is 0 Å². The molecule has 1 heterocycles. The number of rotatable bonds is 1. The Kier molecular flexibility index (Phi) is 2.78. The van der Waals surface area contributed by atoms with Gasteiger partial charge in [-0.05, 0) is 24.1 Å². The Labute approximate surface area is 96.1 Å². The lowest BCUT2D eigenvalue weighted by molar-refractivity contribution is 0.841. The van der Waals surface area contributed by atoms with Crippen LogP contribution in [-0.4, -0.2) is 4.98 Å². The van der Waals surface area contributed by atoms with Crippen LogP contribution in [0.3, 0.4) is 0 Å². The second kappa shape index (κ2) is 4.09. The third-order valence-electron chi connectivity index (χ3n) is 3.17. The molecule has 0 amide bonds. The van der Waals surface area contributed by atoms with Crippen molar-refractivity contribution in [3.8, 4) is 0 Å². The molecule has 0 atom stereocenters. The molecule has 1 aromatic heterocycles. The Balaban J connectivity index is 2.91. The third-order valence-corrected chi connectivity index (χ3v) is 3.17. The average Bonchev–Trinajstić information content (AvgIpc) is 2.29. The second-order valence-corrected chi connectivity index (χ2v) is 4.50. The number of fused-ring (bicyclic) bond motifs is 1. The van der Waals surface area contributed by atoms with Gasteiger partial charge < -0.3 is 0 Å². The molecular formula is C15H17N. The van der Waals surface area contributed by atoms with Gasteiger partial charge in [-0.3, -0.25) is 4.98 Å². The smallest absolute Gasteiger partial charge is 0.0774 e. The topological polar surface area (TPSA) is 12.9 Å². The van der Waals surface area contributed by atoms with Crippen molar-refractivity contribution in [2.24, 2.45) is 5.92 Å². The van der Waals surface area contributed by atoms with E-state index >= 15 is 0 Å². The second-order valence-electron chi connectivity index (χ2n) is 4.50. The Hall–Kier alpha value is -1.63. The highest BCUT2D eigenvalue weighted by Crippen LogP contribution is 2.08. The fourth-order valence-corrected chi connectivity index (χ4v) is 1.89. The minimum atomic E-state index is 0.543. The predicted octanol–water partition coefficient (Wildman–Crippen LogP) is 2.47. The van der Waals surface area contributed by atoms with Crippen LogP contribution in [0.1, 0.15) is 20.8 Å². The number of hydrogen-bond acceptors (Lipinski definition) is 1. The molecular weight excluding hydrogens is 194 g/mol. The summed E-state index contributed by atoms with van der Waals surface area (Å²) in [6, 6.07) is 8.31. The van der Waals surface area contributed by atoms with Crippen LogP contribution in [0.15, 0.2) is 30.5 Å². The highest BCUT2D eigenvalue weighted by atomic mass is 14.6. The predicted molar refractivity (Wildman–Crippen MR) is 70.4 cm³/mol. The molecule has 0 spiro atoms. The monoisotopic (exact) mass is 211 g/mol. The van der Waals surface area contributed by atoms with Gasteiger partial charge in [0, 0.05) is 16.8 Å². The lowest BCUT2D eigenvalue weighted by Crippen LogP contribution is -2.27. The summed E-state index contributed by atoms with van der Waals surface area (Å²) < 4.78 is 0. The maximum absolute atomic E-state index is 4.41. The van der Waals surface area contributed by atoms with E-state index in [-0.39, 0.29) is 0 Å². The normalized spacial score (nSPS) is 13.2. The molecule has 0 aliphatic carbocycles. The lowest BCUT2D eigenvalue weighted by Gasteiger charge is -2.06. The number of pyridine rings is 1. The minimum Gasteiger partial charge on any atom is -0.256 e. The largest absolute Gasteiger partial charge is 0.256 e. The van der Waals surface area contributed by atoms with Crippen LogP contribution in [-0.2, 0) is 0 Å². The summed E-state index contributed by atoms with van der Waals surface area (Å²) in [5.41, 5.74) is 2.39. The van der Waals surface area contributed by atoms with E-state index in [1.807, 2.05) is 12.3 Å². The van der Waals surface area contributed by atoms with Crippen molar-refractivity contribution in [2.45, 2.75) is 20.8 Å². The van der Waals surface area contributed by atoms with E-state index in [4.69, 9.17) is 0 Å². The van der Waals surface area contributed by atoms with Gasteiger partial charge in [0.25, 0.3) is 0 Å². The molecule has 2 aromatic rings. The van der Waals surface area contributed by atoms with E-state index in [0.717, 1.165) is 16.1 Å². The zero-order chi connectivity index (χ0) is 11.7. The number of benzene rings is 1. The van der Waals surface area contributed by atoms with Crippen molar-refractivity contribution in [3.05, 3.63) is 40.9 Å². The van der Waals surface area contributed by atoms with Gasteiger partial charge >= 0.3 is 0 Å². The van der Waals surface area contributed by atoms with Crippen molar-refractivity contribution in [3.63, 3.8) is 0 Å². The number of nitrogens with zero attached hydrogens (tertiary/aromatic N) is 1. The number of aromatic nitrogens is 1. The molecule has 1 nitrogen and oxygen atoms in total. The highest BCUT2D eigenvalue weighted by molar-refractivity contribution is 5.79. The van der Waals surface area contributed by atoms with Gasteiger partial charge in [-0.15, -0.1) is 0 Å². The third kappa shape index (κ3) is 1.73. The van der Waals surface area contributed by atoms with Crippen molar-refractivity contribution in [1.82, 2.24) is 4.98 Å². The lowest BCUT2D eigenvalue weighted by atomic mass is 10.0. The van der Waals surface area contributed by atoms with Gasteiger partial charge in [-0.25, -0.2) is 0 Å². The Morgan fingerprint density at radius 3 is 2.69 bits per heavy atom. The molecule has 0 N–H and O–H groups in total. The zero-order valence-electron chi connectivity index (χ0n) is 10.1. The Bertz CT molecular complexity index is 623. The summed E-state index contributed by atoms with van der Waals surface area (Å²) in [4.78, 5) is 4.41. The summed E-state index contributed by atoms with van der Waals surface area (Å²) in [5, 5.41) is 3.44. The fraction of sp³-hybridized carbons (Fsp3) is 0.267. The van der Waals surface area contributed by atoms with Crippen LogP contribution in [0.5, 0.6) is 0 Å². The molecule has 0 saturated carbocycles. The number of hydrogen-bond donors (Lipinski definition) is 0. The quantitative estimate of drug-likeness (QED) is 0.706. The van der Waals surface area contributed by atoms with Gasteiger partial charge in [-0.2, -0.15) is 0 Å². The first kappa shape index (κ1) is 10.9. The molecule has 1 heteroatoms. The molecule has 0 radical (unpaired) electrons. The molecule has 2 rings (SSSR count). The summed E-state index contributed by atoms with van der Waals surface area (Å²) in [6.07, 6.45) is 1.82. The van der Waals surface area contributed by atoms with Gasteiger partial charge in [-0.1, -0.05) is 44.2 Å². The Morgan fingerprint density at radius 2 is 2.00 bits per heavy atom. The first-order valence-corrected chi connectivity index (χ1v) is 5.64. The van der Waals surface area contributed by atoms with E-state index in [2.05, 4.69) is 50.5 Å². The molecule has 0 fully saturated rings. The average molecular weight is 211 g/mol. The fourth-order valence-electron chi connectivity index (χ4n) is 1.89. The SMILES string of the molecule is C=c1/c(=C(\C)C(C)C)ccc2cccnc12. The highest BCUT2D eigenvalue weighted by Gasteiger charge is 2.01. The van der Waals surface area contributed by atoms with E-state index in [1.165, 1.54) is 10.8 Å². The van der Waals surface area contributed by atoms with Gasteiger partial charge in [0.15, 0.2) is 0 Å². The van der Waals surface area contributed by atoms with Crippen molar-refractivity contribution in [1.29, 1.82) is 0 Å². The summed E-state index contributed by atoms with van der Waals surface area (Å²) in [7, 11) is 0. The van der Waals surface area contributed by atoms with E-state index in [0.29, 0.717) is 5.92 Å². The van der Waals surface area contributed by atoms with Crippen molar-refractivity contribution in [2.75, 3.05) is 0 Å². The van der Waals surface area contributed by atoms with Crippen LogP contribution >= 0.6 is 0 Å². The molecule has 82 valence electrons. The van der Waals surface area contributed by atoms with Crippen LogP contribution in [0.25, 0.3) is 23.1 Å². The first-order chi connectivity index (χ1) is 7.61. The van der Waals surface area contributed by atoms with Crippen LogP contribution in [0.4, 0.5) is 0 Å². The molecule has 0 saturated heterocycles. The molecule has 0 unspecified atom stereocenters.